The molecular weight excluding hydrogens is 201 g/mol. The van der Waals surface area contributed by atoms with Crippen LogP contribution < -0.4 is 0 Å². The van der Waals surface area contributed by atoms with Gasteiger partial charge in [0.1, 0.15) is 6.07 Å². The first-order valence-electron chi connectivity index (χ1n) is 3.46. The molecule has 0 radical (unpaired) electrons. The van der Waals surface area contributed by atoms with Crippen LogP contribution in [0.4, 0.5) is 0 Å². The Bertz CT molecular complexity index is 198. The number of esters is 1. The van der Waals surface area contributed by atoms with Crippen LogP contribution in [0.3, 0.4) is 0 Å². The molecule has 68 valence electrons. The Morgan fingerprint density at radius 2 is 2.25 bits per heavy atom. The molecule has 0 bridgehead atoms. The molecule has 12 heavy (non-hydrogen) atoms. The first-order valence-corrected chi connectivity index (χ1v) is 4.22. The van der Waals surface area contributed by atoms with Crippen molar-refractivity contribution in [3.8, 4) is 6.07 Å². The fourth-order valence-electron chi connectivity index (χ4n) is 0.548. The Kier molecular flexibility index (Phi) is 5.03. The number of alkyl halides is 2. The highest BCUT2D eigenvalue weighted by Gasteiger charge is 2.24. The van der Waals surface area contributed by atoms with Crippen LogP contribution in [0.1, 0.15) is 19.8 Å². The summed E-state index contributed by atoms with van der Waals surface area (Å²) >= 11 is 10.9. The number of rotatable bonds is 4. The molecule has 0 aromatic carbocycles. The maximum Gasteiger partial charge on any atom is 0.305 e. The minimum absolute atomic E-state index is 0.0639. The van der Waals surface area contributed by atoms with Gasteiger partial charge >= 0.3 is 5.97 Å². The van der Waals surface area contributed by atoms with E-state index in [2.05, 4.69) is 4.74 Å². The minimum atomic E-state index is -1.48. The van der Waals surface area contributed by atoms with Crippen LogP contribution in [0, 0.1) is 11.3 Å². The van der Waals surface area contributed by atoms with Gasteiger partial charge in [-0.1, -0.05) is 23.2 Å². The van der Waals surface area contributed by atoms with Crippen molar-refractivity contribution in [2.24, 2.45) is 0 Å². The molecule has 0 atom stereocenters. The van der Waals surface area contributed by atoms with Gasteiger partial charge in [-0.05, 0) is 6.92 Å². The molecule has 0 unspecified atom stereocenters. The molecule has 0 saturated carbocycles. The molecule has 0 fully saturated rings. The van der Waals surface area contributed by atoms with E-state index in [1.165, 1.54) is 0 Å². The molecule has 0 aliphatic heterocycles. The van der Waals surface area contributed by atoms with Crippen LogP contribution in [0.2, 0.25) is 0 Å². The first kappa shape index (κ1) is 11.5. The van der Waals surface area contributed by atoms with Gasteiger partial charge in [0.2, 0.25) is 4.33 Å². The predicted molar refractivity (Wildman–Crippen MR) is 45.9 cm³/mol. The molecule has 0 amide bonds. The Hall–Kier alpha value is -0.460. The summed E-state index contributed by atoms with van der Waals surface area (Å²) in [4.78, 5) is 10.8. The average molecular weight is 210 g/mol. The van der Waals surface area contributed by atoms with Gasteiger partial charge in [-0.25, -0.2) is 0 Å². The van der Waals surface area contributed by atoms with Crippen LogP contribution in [-0.2, 0) is 9.53 Å². The van der Waals surface area contributed by atoms with Crippen molar-refractivity contribution in [3.05, 3.63) is 0 Å². The van der Waals surface area contributed by atoms with Crippen molar-refractivity contribution in [1.29, 1.82) is 5.26 Å². The van der Waals surface area contributed by atoms with Gasteiger partial charge in [-0.3, -0.25) is 4.79 Å². The molecule has 0 aromatic heterocycles. The number of halogens is 2. The summed E-state index contributed by atoms with van der Waals surface area (Å²) in [6, 6.07) is 1.66. The van der Waals surface area contributed by atoms with Crippen molar-refractivity contribution >= 4 is 29.2 Å². The fourth-order valence-corrected chi connectivity index (χ4v) is 0.737. The Morgan fingerprint density at radius 3 is 2.67 bits per heavy atom. The summed E-state index contributed by atoms with van der Waals surface area (Å²) in [5.74, 6) is -0.390. The van der Waals surface area contributed by atoms with Crippen LogP contribution in [0.5, 0.6) is 0 Å². The van der Waals surface area contributed by atoms with E-state index >= 15 is 0 Å². The highest BCUT2D eigenvalue weighted by molar-refractivity contribution is 6.50. The summed E-state index contributed by atoms with van der Waals surface area (Å²) < 4.78 is 3.14. The smallest absolute Gasteiger partial charge is 0.305 e. The quantitative estimate of drug-likeness (QED) is 0.526. The summed E-state index contributed by atoms with van der Waals surface area (Å²) in [6.07, 6.45) is 0.153. The Morgan fingerprint density at radius 1 is 1.67 bits per heavy atom. The summed E-state index contributed by atoms with van der Waals surface area (Å²) in [6.45, 7) is 2.03. The Labute approximate surface area is 81.2 Å². The normalized spacial score (nSPS) is 10.5. The molecule has 5 heteroatoms. The highest BCUT2D eigenvalue weighted by atomic mass is 35.5. The number of carbonyl (C=O) groups excluding carboxylic acids is 1. The minimum Gasteiger partial charge on any atom is -0.466 e. The van der Waals surface area contributed by atoms with Crippen LogP contribution in [0.25, 0.3) is 0 Å². The van der Waals surface area contributed by atoms with Gasteiger partial charge in [0.15, 0.2) is 0 Å². The highest BCUT2D eigenvalue weighted by Crippen LogP contribution is 2.25. The van der Waals surface area contributed by atoms with Gasteiger partial charge in [0.25, 0.3) is 0 Å². The SMILES string of the molecule is CCOC(=O)CCC(Cl)(Cl)C#N. The predicted octanol–water partition coefficient (Wildman–Crippen LogP) is 2.03. The van der Waals surface area contributed by atoms with Gasteiger partial charge in [0, 0.05) is 12.8 Å². The van der Waals surface area contributed by atoms with Crippen molar-refractivity contribution in [3.63, 3.8) is 0 Å². The lowest BCUT2D eigenvalue weighted by Crippen LogP contribution is -2.13. The van der Waals surface area contributed by atoms with Crippen LogP contribution in [-0.4, -0.2) is 16.9 Å². The van der Waals surface area contributed by atoms with E-state index in [1.54, 1.807) is 13.0 Å². The molecule has 3 nitrogen and oxygen atoms in total. The third-order valence-electron chi connectivity index (χ3n) is 1.11. The van der Waals surface area contributed by atoms with E-state index in [0.29, 0.717) is 6.61 Å². The van der Waals surface area contributed by atoms with E-state index in [9.17, 15) is 4.79 Å². The van der Waals surface area contributed by atoms with Gasteiger partial charge in [0.05, 0.1) is 6.61 Å². The second kappa shape index (κ2) is 5.23. The third-order valence-corrected chi connectivity index (χ3v) is 1.66. The topological polar surface area (TPSA) is 50.1 Å². The van der Waals surface area contributed by atoms with Crippen LogP contribution >= 0.6 is 23.2 Å². The largest absolute Gasteiger partial charge is 0.466 e. The number of carbonyl (C=O) groups is 1. The molecule has 0 spiro atoms. The third kappa shape index (κ3) is 5.22. The van der Waals surface area contributed by atoms with Gasteiger partial charge < -0.3 is 4.74 Å². The van der Waals surface area contributed by atoms with E-state index in [-0.39, 0.29) is 12.8 Å². The van der Waals surface area contributed by atoms with Crippen LogP contribution in [0.15, 0.2) is 0 Å². The number of hydrogen-bond acceptors (Lipinski definition) is 3. The van der Waals surface area contributed by atoms with E-state index in [1.807, 2.05) is 0 Å². The molecule has 0 aromatic rings. The van der Waals surface area contributed by atoms with E-state index < -0.39 is 10.3 Å². The summed E-state index contributed by atoms with van der Waals surface area (Å²) in [5.41, 5.74) is 0. The second-order valence-corrected chi connectivity index (χ2v) is 3.61. The van der Waals surface area contributed by atoms with Crippen molar-refractivity contribution in [1.82, 2.24) is 0 Å². The zero-order valence-electron chi connectivity index (χ0n) is 6.64. The Balaban J connectivity index is 3.70. The van der Waals surface area contributed by atoms with E-state index in [0.717, 1.165) is 0 Å². The second-order valence-electron chi connectivity index (χ2n) is 2.12. The molecule has 0 aliphatic rings. The maximum atomic E-state index is 10.8. The average Bonchev–Trinajstić information content (AvgIpc) is 2.02. The first-order chi connectivity index (χ1) is 5.52. The number of nitrogens with zero attached hydrogens (tertiary/aromatic N) is 1. The lowest BCUT2D eigenvalue weighted by atomic mass is 10.2. The lowest BCUT2D eigenvalue weighted by molar-refractivity contribution is -0.143. The molecule has 0 aliphatic carbocycles. The monoisotopic (exact) mass is 209 g/mol. The number of ether oxygens (including phenoxy) is 1. The van der Waals surface area contributed by atoms with Crippen molar-refractivity contribution in [2.75, 3.05) is 6.61 Å². The maximum absolute atomic E-state index is 10.8. The van der Waals surface area contributed by atoms with Crippen molar-refractivity contribution in [2.45, 2.75) is 24.1 Å². The van der Waals surface area contributed by atoms with Gasteiger partial charge in [-0.2, -0.15) is 5.26 Å². The summed E-state index contributed by atoms with van der Waals surface area (Å²) in [5, 5.41) is 8.37. The molecule has 0 N–H and O–H groups in total. The summed E-state index contributed by atoms with van der Waals surface area (Å²) in [7, 11) is 0. The number of hydrogen-bond donors (Lipinski definition) is 0. The molecule has 0 saturated heterocycles. The molecular formula is C7H9Cl2NO2. The standard InChI is InChI=1S/C7H9Cl2NO2/c1-2-12-6(11)3-4-7(8,9)5-10/h2-4H2,1H3. The molecule has 0 rings (SSSR count). The lowest BCUT2D eigenvalue weighted by Gasteiger charge is -2.08. The number of nitriles is 1. The van der Waals surface area contributed by atoms with E-state index in [4.69, 9.17) is 28.5 Å². The fraction of sp³-hybridized carbons (Fsp3) is 0.714. The zero-order valence-corrected chi connectivity index (χ0v) is 8.15. The van der Waals surface area contributed by atoms with Gasteiger partial charge in [-0.15, -0.1) is 0 Å². The molecule has 0 heterocycles. The van der Waals surface area contributed by atoms with Crippen molar-refractivity contribution < 1.29 is 9.53 Å². The zero-order chi connectivity index (χ0) is 9.61.